The highest BCUT2D eigenvalue weighted by molar-refractivity contribution is 5.63. The summed E-state index contributed by atoms with van der Waals surface area (Å²) in [6.07, 6.45) is 4.27. The Morgan fingerprint density at radius 2 is 2.20 bits per heavy atom. The molecule has 0 fully saturated rings. The minimum Gasteiger partial charge on any atom is -0.431 e. The van der Waals surface area contributed by atoms with Crippen LogP contribution in [-0.2, 0) is 0 Å². The Hall–Kier alpha value is -2.18. The van der Waals surface area contributed by atoms with Crippen LogP contribution < -0.4 is 10.5 Å². The number of halogens is 2. The molecule has 0 aliphatic rings. The number of nitrogens with zero attached hydrogens (tertiary/aromatic N) is 3. The molecule has 0 aromatic carbocycles. The Balaban J connectivity index is 2.30. The van der Waals surface area contributed by atoms with Crippen LogP contribution in [0.5, 0.6) is 5.75 Å². The molecule has 7 heteroatoms. The van der Waals surface area contributed by atoms with Gasteiger partial charge < -0.3 is 10.5 Å². The zero-order valence-corrected chi connectivity index (χ0v) is 11.3. The van der Waals surface area contributed by atoms with Crippen LogP contribution in [0, 0.1) is 0 Å². The highest BCUT2D eigenvalue weighted by Gasteiger charge is 2.12. The van der Waals surface area contributed by atoms with Gasteiger partial charge in [-0.05, 0) is 25.5 Å². The van der Waals surface area contributed by atoms with Crippen LogP contribution in [0.25, 0.3) is 11.3 Å². The Kier molecular flexibility index (Phi) is 4.16. The predicted molar refractivity (Wildman–Crippen MR) is 71.5 cm³/mol. The first-order valence-electron chi connectivity index (χ1n) is 6.27. The fourth-order valence-electron chi connectivity index (χ4n) is 1.71. The maximum atomic E-state index is 12.3. The molecule has 0 spiro atoms. The van der Waals surface area contributed by atoms with Gasteiger partial charge in [0, 0.05) is 24.0 Å². The van der Waals surface area contributed by atoms with Crippen LogP contribution in [0.1, 0.15) is 26.3 Å². The van der Waals surface area contributed by atoms with Crippen LogP contribution in [0.3, 0.4) is 0 Å². The minimum atomic E-state index is -2.94. The van der Waals surface area contributed by atoms with E-state index in [0.717, 1.165) is 6.42 Å². The number of anilines is 1. The number of aromatic nitrogens is 3. The number of nitrogens with two attached hydrogens (primary N) is 1. The molecule has 0 saturated carbocycles. The molecule has 0 saturated heterocycles. The van der Waals surface area contributed by atoms with Crippen molar-refractivity contribution in [2.45, 2.75) is 32.9 Å². The number of alkyl halides is 2. The Labute approximate surface area is 115 Å². The lowest BCUT2D eigenvalue weighted by Crippen LogP contribution is -2.06. The van der Waals surface area contributed by atoms with Crippen molar-refractivity contribution in [1.82, 2.24) is 14.8 Å². The van der Waals surface area contributed by atoms with E-state index in [9.17, 15) is 8.78 Å². The van der Waals surface area contributed by atoms with Gasteiger partial charge >= 0.3 is 6.61 Å². The molecule has 2 rings (SSSR count). The number of rotatable bonds is 5. The van der Waals surface area contributed by atoms with E-state index in [0.29, 0.717) is 11.3 Å². The zero-order chi connectivity index (χ0) is 14.7. The number of hydrogen-bond acceptors (Lipinski definition) is 4. The number of pyridine rings is 1. The van der Waals surface area contributed by atoms with Gasteiger partial charge in [0.05, 0.1) is 5.69 Å². The summed E-state index contributed by atoms with van der Waals surface area (Å²) in [5.74, 6) is -0.217. The van der Waals surface area contributed by atoms with Crippen LogP contribution in [-0.4, -0.2) is 21.4 Å². The van der Waals surface area contributed by atoms with Gasteiger partial charge in [0.25, 0.3) is 0 Å². The van der Waals surface area contributed by atoms with Gasteiger partial charge in [0.2, 0.25) is 0 Å². The van der Waals surface area contributed by atoms with Crippen LogP contribution in [0.2, 0.25) is 0 Å². The lowest BCUT2D eigenvalue weighted by atomic mass is 10.2. The highest BCUT2D eigenvalue weighted by atomic mass is 19.3. The van der Waals surface area contributed by atoms with E-state index >= 15 is 0 Å². The van der Waals surface area contributed by atoms with E-state index in [1.54, 1.807) is 6.07 Å². The van der Waals surface area contributed by atoms with E-state index in [1.807, 2.05) is 17.8 Å². The molecule has 0 amide bonds. The second-order valence-corrected chi connectivity index (χ2v) is 4.42. The summed E-state index contributed by atoms with van der Waals surface area (Å²) >= 11 is 0. The first-order chi connectivity index (χ1) is 9.51. The normalized spacial score (nSPS) is 12.7. The van der Waals surface area contributed by atoms with Gasteiger partial charge in [-0.2, -0.15) is 13.9 Å². The van der Waals surface area contributed by atoms with E-state index in [1.165, 1.54) is 12.3 Å². The second kappa shape index (κ2) is 5.85. The molecule has 0 aliphatic carbocycles. The van der Waals surface area contributed by atoms with Crippen molar-refractivity contribution in [3.05, 3.63) is 24.5 Å². The monoisotopic (exact) mass is 282 g/mol. The smallest absolute Gasteiger partial charge is 0.387 e. The average molecular weight is 282 g/mol. The minimum absolute atomic E-state index is 0.0737. The zero-order valence-electron chi connectivity index (χ0n) is 11.3. The van der Waals surface area contributed by atoms with Crippen molar-refractivity contribution >= 4 is 5.82 Å². The van der Waals surface area contributed by atoms with Gasteiger partial charge in [-0.25, -0.2) is 4.98 Å². The lowest BCUT2D eigenvalue weighted by molar-refractivity contribution is -0.0494. The summed E-state index contributed by atoms with van der Waals surface area (Å²) in [6, 6.07) is 3.48. The van der Waals surface area contributed by atoms with Crippen molar-refractivity contribution in [3.63, 3.8) is 0 Å². The summed E-state index contributed by atoms with van der Waals surface area (Å²) in [5.41, 5.74) is 6.71. The van der Waals surface area contributed by atoms with Gasteiger partial charge in [0.1, 0.15) is 0 Å². The van der Waals surface area contributed by atoms with E-state index < -0.39 is 6.61 Å². The maximum absolute atomic E-state index is 12.3. The summed E-state index contributed by atoms with van der Waals surface area (Å²) in [7, 11) is 0. The third-order valence-electron chi connectivity index (χ3n) is 3.04. The third kappa shape index (κ3) is 3.04. The molecule has 5 nitrogen and oxygen atoms in total. The maximum Gasteiger partial charge on any atom is 0.387 e. The molecular formula is C13H16F2N4O. The van der Waals surface area contributed by atoms with Crippen molar-refractivity contribution in [2.24, 2.45) is 0 Å². The number of hydrogen-bond donors (Lipinski definition) is 1. The van der Waals surface area contributed by atoms with Gasteiger partial charge in [-0.3, -0.25) is 4.68 Å². The van der Waals surface area contributed by atoms with E-state index in [-0.39, 0.29) is 17.6 Å². The van der Waals surface area contributed by atoms with Crippen molar-refractivity contribution in [2.75, 3.05) is 5.73 Å². The Morgan fingerprint density at radius 1 is 1.45 bits per heavy atom. The first kappa shape index (κ1) is 14.2. The molecule has 20 heavy (non-hydrogen) atoms. The summed E-state index contributed by atoms with van der Waals surface area (Å²) < 4.78 is 30.7. The fraction of sp³-hybridized carbons (Fsp3) is 0.385. The van der Waals surface area contributed by atoms with E-state index in [4.69, 9.17) is 5.73 Å². The fourth-order valence-corrected chi connectivity index (χ4v) is 1.71. The van der Waals surface area contributed by atoms with Crippen LogP contribution >= 0.6 is 0 Å². The predicted octanol–water partition coefficient (Wildman–Crippen LogP) is 3.10. The second-order valence-electron chi connectivity index (χ2n) is 4.42. The highest BCUT2D eigenvalue weighted by Crippen LogP contribution is 2.27. The summed E-state index contributed by atoms with van der Waals surface area (Å²) in [4.78, 5) is 3.85. The Morgan fingerprint density at radius 3 is 2.85 bits per heavy atom. The average Bonchev–Trinajstić information content (AvgIpc) is 2.89. The van der Waals surface area contributed by atoms with Crippen LogP contribution in [0.15, 0.2) is 24.5 Å². The largest absolute Gasteiger partial charge is 0.431 e. The quantitative estimate of drug-likeness (QED) is 0.915. The number of nitrogen functional groups attached to an aromatic ring is 1. The summed E-state index contributed by atoms with van der Waals surface area (Å²) in [5, 5.41) is 4.39. The van der Waals surface area contributed by atoms with Crippen molar-refractivity contribution in [3.8, 4) is 17.0 Å². The SMILES string of the molecule is CCC(C)n1ccc(-c2cnc(N)c(OC(F)F)c2)n1. The molecule has 108 valence electrons. The van der Waals surface area contributed by atoms with Crippen molar-refractivity contribution < 1.29 is 13.5 Å². The molecule has 2 aromatic heterocycles. The van der Waals surface area contributed by atoms with Crippen LogP contribution in [0.4, 0.5) is 14.6 Å². The topological polar surface area (TPSA) is 66.0 Å². The third-order valence-corrected chi connectivity index (χ3v) is 3.04. The van der Waals surface area contributed by atoms with Gasteiger partial charge in [-0.1, -0.05) is 6.92 Å². The van der Waals surface area contributed by atoms with Gasteiger partial charge in [0.15, 0.2) is 11.6 Å². The molecule has 1 atom stereocenters. The molecular weight excluding hydrogens is 266 g/mol. The molecule has 0 bridgehead atoms. The lowest BCUT2D eigenvalue weighted by Gasteiger charge is -2.09. The molecule has 0 radical (unpaired) electrons. The molecule has 2 heterocycles. The Bertz CT molecular complexity index is 586. The van der Waals surface area contributed by atoms with Crippen molar-refractivity contribution in [1.29, 1.82) is 0 Å². The van der Waals surface area contributed by atoms with Gasteiger partial charge in [-0.15, -0.1) is 0 Å². The molecule has 0 aliphatic heterocycles. The summed E-state index contributed by atoms with van der Waals surface area (Å²) in [6.45, 7) is 1.17. The van der Waals surface area contributed by atoms with E-state index in [2.05, 4.69) is 21.7 Å². The molecule has 2 aromatic rings. The molecule has 2 N–H and O–H groups in total. The molecule has 1 unspecified atom stereocenters. The standard InChI is InChI=1S/C13H16F2N4O/c1-3-8(2)19-5-4-10(18-19)9-6-11(20-13(14)15)12(16)17-7-9/h4-8,13H,3H2,1-2H3,(H2,16,17). The first-order valence-corrected chi connectivity index (χ1v) is 6.27. The number of ether oxygens (including phenoxy) is 1.